The highest BCUT2D eigenvalue weighted by Gasteiger charge is 2.47. The van der Waals surface area contributed by atoms with Crippen LogP contribution in [0, 0.1) is 0 Å². The Kier molecular flexibility index (Phi) is 2.33. The first-order chi connectivity index (χ1) is 6.02. The van der Waals surface area contributed by atoms with E-state index in [1.807, 2.05) is 0 Å². The number of hydrogen-bond donors (Lipinski definition) is 0. The monoisotopic (exact) mass is 204 g/mol. The second kappa shape index (κ2) is 3.11. The minimum absolute atomic E-state index is 0.0338. The Labute approximate surface area is 84.5 Å². The third-order valence-electron chi connectivity index (χ3n) is 2.91. The SMILES string of the molecule is CC1(C)CC2(CO1)CC(Cl)CCO2. The molecule has 0 aliphatic carbocycles. The molecule has 1 spiro atoms. The highest BCUT2D eigenvalue weighted by atomic mass is 35.5. The molecule has 0 saturated carbocycles. The van der Waals surface area contributed by atoms with Crippen molar-refractivity contribution in [2.45, 2.75) is 49.7 Å². The van der Waals surface area contributed by atoms with E-state index in [0.29, 0.717) is 6.61 Å². The second-order valence-corrected chi connectivity index (χ2v) is 5.46. The average molecular weight is 205 g/mol. The van der Waals surface area contributed by atoms with Gasteiger partial charge < -0.3 is 9.47 Å². The quantitative estimate of drug-likeness (QED) is 0.564. The van der Waals surface area contributed by atoms with Crippen LogP contribution >= 0.6 is 11.6 Å². The van der Waals surface area contributed by atoms with Gasteiger partial charge in [0, 0.05) is 18.4 Å². The van der Waals surface area contributed by atoms with Crippen LogP contribution in [0.15, 0.2) is 0 Å². The number of halogens is 1. The number of alkyl halides is 1. The Morgan fingerprint density at radius 1 is 1.31 bits per heavy atom. The van der Waals surface area contributed by atoms with Crippen molar-refractivity contribution in [2.24, 2.45) is 0 Å². The summed E-state index contributed by atoms with van der Waals surface area (Å²) in [6.45, 7) is 5.72. The summed E-state index contributed by atoms with van der Waals surface area (Å²) in [5.74, 6) is 0. The molecular formula is C10H17ClO2. The smallest absolute Gasteiger partial charge is 0.0956 e. The minimum atomic E-state index is -0.0752. The highest BCUT2D eigenvalue weighted by Crippen LogP contribution is 2.41. The topological polar surface area (TPSA) is 18.5 Å². The molecule has 2 nitrogen and oxygen atoms in total. The van der Waals surface area contributed by atoms with Crippen molar-refractivity contribution < 1.29 is 9.47 Å². The number of hydrogen-bond acceptors (Lipinski definition) is 2. The van der Waals surface area contributed by atoms with E-state index in [4.69, 9.17) is 21.1 Å². The summed E-state index contributed by atoms with van der Waals surface area (Å²) in [6.07, 6.45) is 2.89. The lowest BCUT2D eigenvalue weighted by Gasteiger charge is -2.35. The number of ether oxygens (including phenoxy) is 2. The molecule has 2 heterocycles. The molecule has 2 saturated heterocycles. The maximum Gasteiger partial charge on any atom is 0.0956 e. The van der Waals surface area contributed by atoms with E-state index in [1.165, 1.54) is 0 Å². The molecule has 2 rings (SSSR count). The Morgan fingerprint density at radius 3 is 2.62 bits per heavy atom. The van der Waals surface area contributed by atoms with E-state index in [9.17, 15) is 0 Å². The zero-order valence-corrected chi connectivity index (χ0v) is 9.06. The van der Waals surface area contributed by atoms with Gasteiger partial charge in [0.25, 0.3) is 0 Å². The van der Waals surface area contributed by atoms with Crippen LogP contribution < -0.4 is 0 Å². The fraction of sp³-hybridized carbons (Fsp3) is 1.00. The third-order valence-corrected chi connectivity index (χ3v) is 3.28. The molecular weight excluding hydrogens is 188 g/mol. The molecule has 76 valence electrons. The van der Waals surface area contributed by atoms with Gasteiger partial charge in [0.1, 0.15) is 0 Å². The van der Waals surface area contributed by atoms with E-state index < -0.39 is 0 Å². The molecule has 0 bridgehead atoms. The molecule has 13 heavy (non-hydrogen) atoms. The minimum Gasteiger partial charge on any atom is -0.372 e. The normalized spacial score (nSPS) is 44.1. The summed E-state index contributed by atoms with van der Waals surface area (Å²) in [6, 6.07) is 0. The lowest BCUT2D eigenvalue weighted by molar-refractivity contribution is -0.0785. The summed E-state index contributed by atoms with van der Waals surface area (Å²) >= 11 is 6.14. The average Bonchev–Trinajstić information content (AvgIpc) is 2.26. The maximum absolute atomic E-state index is 6.14. The first-order valence-corrected chi connectivity index (χ1v) is 5.37. The molecule has 0 amide bonds. The fourth-order valence-corrected chi connectivity index (χ4v) is 2.77. The molecule has 0 N–H and O–H groups in total. The Balaban J connectivity index is 2.05. The lowest BCUT2D eigenvalue weighted by Crippen LogP contribution is -2.41. The van der Waals surface area contributed by atoms with Gasteiger partial charge in [-0.05, 0) is 26.7 Å². The zero-order chi connectivity index (χ0) is 9.53. The summed E-state index contributed by atoms with van der Waals surface area (Å²) in [7, 11) is 0. The molecule has 0 aromatic rings. The zero-order valence-electron chi connectivity index (χ0n) is 8.31. The maximum atomic E-state index is 6.14. The van der Waals surface area contributed by atoms with Crippen molar-refractivity contribution in [1.82, 2.24) is 0 Å². The van der Waals surface area contributed by atoms with Crippen LogP contribution in [0.3, 0.4) is 0 Å². The molecule has 3 heteroatoms. The van der Waals surface area contributed by atoms with Gasteiger partial charge in [-0.2, -0.15) is 0 Å². The van der Waals surface area contributed by atoms with E-state index in [0.717, 1.165) is 25.9 Å². The second-order valence-electron chi connectivity index (χ2n) is 4.85. The third kappa shape index (κ3) is 2.00. The summed E-state index contributed by atoms with van der Waals surface area (Å²) in [5, 5.41) is 0.270. The van der Waals surface area contributed by atoms with Crippen LogP contribution in [-0.2, 0) is 9.47 Å². The molecule has 0 radical (unpaired) electrons. The van der Waals surface area contributed by atoms with Crippen molar-refractivity contribution in [3.63, 3.8) is 0 Å². The molecule has 2 aliphatic rings. The van der Waals surface area contributed by atoms with Crippen molar-refractivity contribution in [3.05, 3.63) is 0 Å². The van der Waals surface area contributed by atoms with Gasteiger partial charge >= 0.3 is 0 Å². The first-order valence-electron chi connectivity index (χ1n) is 4.93. The van der Waals surface area contributed by atoms with Crippen LogP contribution in [0.5, 0.6) is 0 Å². The molecule has 2 atom stereocenters. The number of rotatable bonds is 0. The van der Waals surface area contributed by atoms with E-state index >= 15 is 0 Å². The van der Waals surface area contributed by atoms with Gasteiger partial charge in [-0.3, -0.25) is 0 Å². The first kappa shape index (κ1) is 9.75. The molecule has 2 aliphatic heterocycles. The Bertz CT molecular complexity index is 205. The van der Waals surface area contributed by atoms with Gasteiger partial charge in [-0.25, -0.2) is 0 Å². The van der Waals surface area contributed by atoms with E-state index in [2.05, 4.69) is 13.8 Å². The van der Waals surface area contributed by atoms with Crippen LogP contribution in [-0.4, -0.2) is 29.8 Å². The van der Waals surface area contributed by atoms with Gasteiger partial charge in [0.2, 0.25) is 0 Å². The van der Waals surface area contributed by atoms with Crippen molar-refractivity contribution >= 4 is 11.6 Å². The van der Waals surface area contributed by atoms with Crippen LogP contribution in [0.1, 0.15) is 33.1 Å². The predicted molar refractivity (Wildman–Crippen MR) is 52.2 cm³/mol. The van der Waals surface area contributed by atoms with E-state index in [-0.39, 0.29) is 16.6 Å². The van der Waals surface area contributed by atoms with Gasteiger partial charge in [-0.1, -0.05) is 0 Å². The van der Waals surface area contributed by atoms with Crippen LogP contribution in [0.4, 0.5) is 0 Å². The molecule has 0 aromatic carbocycles. The highest BCUT2D eigenvalue weighted by molar-refractivity contribution is 6.20. The Morgan fingerprint density at radius 2 is 2.08 bits per heavy atom. The van der Waals surface area contributed by atoms with Gasteiger partial charge in [0.15, 0.2) is 0 Å². The van der Waals surface area contributed by atoms with Crippen molar-refractivity contribution in [3.8, 4) is 0 Å². The molecule has 0 aromatic heterocycles. The summed E-state index contributed by atoms with van der Waals surface area (Å²) in [4.78, 5) is 0. The van der Waals surface area contributed by atoms with Crippen LogP contribution in [0.2, 0.25) is 0 Å². The van der Waals surface area contributed by atoms with Crippen molar-refractivity contribution in [2.75, 3.05) is 13.2 Å². The summed E-state index contributed by atoms with van der Waals surface area (Å²) in [5.41, 5.74) is -0.109. The lowest BCUT2D eigenvalue weighted by atomic mass is 9.87. The largest absolute Gasteiger partial charge is 0.372 e. The van der Waals surface area contributed by atoms with Crippen molar-refractivity contribution in [1.29, 1.82) is 0 Å². The van der Waals surface area contributed by atoms with Gasteiger partial charge in [-0.15, -0.1) is 11.6 Å². The Hall–Kier alpha value is 0.210. The van der Waals surface area contributed by atoms with Crippen LogP contribution in [0.25, 0.3) is 0 Å². The van der Waals surface area contributed by atoms with Gasteiger partial charge in [0.05, 0.1) is 17.8 Å². The van der Waals surface area contributed by atoms with E-state index in [1.54, 1.807) is 0 Å². The summed E-state index contributed by atoms with van der Waals surface area (Å²) < 4.78 is 11.5. The standard InChI is InChI=1S/C10H17ClO2/c1-9(2)6-10(7-13-9)5-8(11)3-4-12-10/h8H,3-7H2,1-2H3. The fourth-order valence-electron chi connectivity index (χ4n) is 2.40. The molecule has 2 fully saturated rings. The molecule has 2 unspecified atom stereocenters. The predicted octanol–water partition coefficient (Wildman–Crippen LogP) is 2.34.